The molecule has 3 rings (SSSR count). The fraction of sp³-hybridized carbons (Fsp3) is 0.0952. The standard InChI is InChI=1S/C21H19O4P.Li.H/c1-23-18-9-6-10-19(24-2)20(18)21(22)26-17-13-11-16(12-14-17)25-15-7-4-3-5-8-15;;/h3-14,26H,1-2H3;;. The van der Waals surface area contributed by atoms with Crippen molar-refractivity contribution in [1.29, 1.82) is 0 Å². The topological polar surface area (TPSA) is 44.8 Å². The van der Waals surface area contributed by atoms with Crippen molar-refractivity contribution in [3.8, 4) is 23.0 Å². The molecule has 0 radical (unpaired) electrons. The summed E-state index contributed by atoms with van der Waals surface area (Å²) >= 11 is 0. The van der Waals surface area contributed by atoms with Gasteiger partial charge < -0.3 is 14.2 Å². The Morgan fingerprint density at radius 2 is 1.30 bits per heavy atom. The molecular weight excluding hydrogens is 354 g/mol. The Labute approximate surface area is 172 Å². The van der Waals surface area contributed by atoms with Gasteiger partial charge in [-0.25, -0.2) is 0 Å². The van der Waals surface area contributed by atoms with Crippen LogP contribution >= 0.6 is 8.58 Å². The van der Waals surface area contributed by atoms with E-state index in [0.717, 1.165) is 16.8 Å². The zero-order valence-corrected chi connectivity index (χ0v) is 15.6. The van der Waals surface area contributed by atoms with Crippen molar-refractivity contribution in [3.05, 3.63) is 78.4 Å². The molecule has 0 amide bonds. The Morgan fingerprint density at radius 3 is 1.85 bits per heavy atom. The molecule has 0 fully saturated rings. The molecule has 1 atom stereocenters. The molecule has 0 heterocycles. The van der Waals surface area contributed by atoms with E-state index in [-0.39, 0.29) is 33.0 Å². The number of ether oxygens (including phenoxy) is 3. The number of benzene rings is 3. The van der Waals surface area contributed by atoms with E-state index >= 15 is 0 Å². The summed E-state index contributed by atoms with van der Waals surface area (Å²) in [6, 6.07) is 22.4. The molecule has 0 aliphatic heterocycles. The quantitative estimate of drug-likeness (QED) is 0.463. The Bertz CT molecular complexity index is 860. The van der Waals surface area contributed by atoms with Crippen LogP contribution in [0.2, 0.25) is 0 Å². The van der Waals surface area contributed by atoms with Gasteiger partial charge in [-0.1, -0.05) is 36.4 Å². The number of para-hydroxylation sites is 1. The van der Waals surface area contributed by atoms with Gasteiger partial charge in [0.1, 0.15) is 28.6 Å². The maximum absolute atomic E-state index is 12.8. The second-order valence-corrected chi connectivity index (χ2v) is 6.71. The number of carbonyl (C=O) groups is 1. The van der Waals surface area contributed by atoms with Crippen molar-refractivity contribution >= 4 is 38.3 Å². The minimum absolute atomic E-state index is 0. The van der Waals surface area contributed by atoms with Crippen molar-refractivity contribution in [3.63, 3.8) is 0 Å². The van der Waals surface area contributed by atoms with Crippen LogP contribution in [-0.4, -0.2) is 38.6 Å². The average Bonchev–Trinajstić information content (AvgIpc) is 2.69. The van der Waals surface area contributed by atoms with Crippen LogP contribution in [0.25, 0.3) is 0 Å². The van der Waals surface area contributed by atoms with E-state index in [4.69, 9.17) is 14.2 Å². The minimum atomic E-state index is -0.0357. The number of carbonyl (C=O) groups excluding carboxylic acids is 1. The molecule has 1 unspecified atom stereocenters. The van der Waals surface area contributed by atoms with Gasteiger partial charge in [0, 0.05) is 0 Å². The number of rotatable bonds is 7. The molecule has 27 heavy (non-hydrogen) atoms. The molecule has 3 aromatic carbocycles. The molecule has 134 valence electrons. The molecule has 0 aliphatic rings. The van der Waals surface area contributed by atoms with E-state index in [1.807, 2.05) is 54.6 Å². The van der Waals surface area contributed by atoms with Gasteiger partial charge in [0.2, 0.25) is 0 Å². The third-order valence-corrected chi connectivity index (χ3v) is 4.85. The van der Waals surface area contributed by atoms with Crippen molar-refractivity contribution in [1.82, 2.24) is 0 Å². The van der Waals surface area contributed by atoms with E-state index in [1.54, 1.807) is 32.4 Å². The predicted molar refractivity (Wildman–Crippen MR) is 112 cm³/mol. The normalized spacial score (nSPS) is 10.3. The second-order valence-electron chi connectivity index (χ2n) is 5.43. The van der Waals surface area contributed by atoms with Crippen LogP contribution in [0.1, 0.15) is 10.4 Å². The molecule has 0 N–H and O–H groups in total. The molecule has 0 saturated heterocycles. The van der Waals surface area contributed by atoms with Gasteiger partial charge in [-0.3, -0.25) is 4.79 Å². The summed E-state index contributed by atoms with van der Waals surface area (Å²) in [5.74, 6) is 2.54. The summed E-state index contributed by atoms with van der Waals surface area (Å²) in [6.07, 6.45) is 0. The number of hydrogen-bond donors (Lipinski definition) is 0. The van der Waals surface area contributed by atoms with Crippen LogP contribution in [0.4, 0.5) is 0 Å². The van der Waals surface area contributed by atoms with Crippen molar-refractivity contribution < 1.29 is 19.0 Å². The molecular formula is C21H20LiO4P. The summed E-state index contributed by atoms with van der Waals surface area (Å²) in [5.41, 5.74) is 0.441. The zero-order valence-electron chi connectivity index (χ0n) is 14.6. The van der Waals surface area contributed by atoms with Gasteiger partial charge in [0.15, 0.2) is 5.52 Å². The first-order valence-corrected chi connectivity index (χ1v) is 9.06. The van der Waals surface area contributed by atoms with Crippen LogP contribution in [0.15, 0.2) is 72.8 Å². The summed E-state index contributed by atoms with van der Waals surface area (Å²) in [7, 11) is 3.06. The van der Waals surface area contributed by atoms with E-state index in [2.05, 4.69) is 0 Å². The fourth-order valence-electron chi connectivity index (χ4n) is 2.50. The predicted octanol–water partition coefficient (Wildman–Crippen LogP) is 3.99. The maximum atomic E-state index is 12.8. The fourth-order valence-corrected chi connectivity index (χ4v) is 3.47. The Kier molecular flexibility index (Phi) is 7.94. The van der Waals surface area contributed by atoms with Crippen LogP contribution in [0.5, 0.6) is 23.0 Å². The van der Waals surface area contributed by atoms with Gasteiger partial charge in [-0.15, -0.1) is 0 Å². The summed E-state index contributed by atoms with van der Waals surface area (Å²) in [6.45, 7) is 0. The Hall–Kier alpha value is -2.24. The van der Waals surface area contributed by atoms with Crippen LogP contribution in [0, 0.1) is 0 Å². The Balaban J connectivity index is 0.00000261. The first-order valence-electron chi connectivity index (χ1n) is 8.06. The van der Waals surface area contributed by atoms with Crippen LogP contribution in [0.3, 0.4) is 0 Å². The Morgan fingerprint density at radius 1 is 0.741 bits per heavy atom. The summed E-state index contributed by atoms with van der Waals surface area (Å²) in [4.78, 5) is 12.8. The van der Waals surface area contributed by atoms with Gasteiger partial charge >= 0.3 is 18.9 Å². The molecule has 0 aromatic heterocycles. The zero-order chi connectivity index (χ0) is 18.4. The SMILES string of the molecule is COc1cccc(OC)c1C(=O)Pc1ccc(Oc2ccccc2)cc1.[LiH]. The first kappa shape index (κ1) is 21.1. The van der Waals surface area contributed by atoms with Crippen LogP contribution < -0.4 is 19.5 Å². The third-order valence-electron chi connectivity index (χ3n) is 3.75. The van der Waals surface area contributed by atoms with E-state index in [0.29, 0.717) is 17.1 Å². The van der Waals surface area contributed by atoms with Gasteiger partial charge in [0.25, 0.3) is 0 Å². The second kappa shape index (κ2) is 10.2. The van der Waals surface area contributed by atoms with Crippen molar-refractivity contribution in [2.24, 2.45) is 0 Å². The molecule has 0 spiro atoms. The molecule has 0 saturated carbocycles. The summed E-state index contributed by atoms with van der Waals surface area (Å²) in [5, 5.41) is 0.920. The van der Waals surface area contributed by atoms with Gasteiger partial charge in [-0.2, -0.15) is 0 Å². The molecule has 6 heteroatoms. The molecule has 3 aromatic rings. The number of hydrogen-bond acceptors (Lipinski definition) is 4. The van der Waals surface area contributed by atoms with Gasteiger partial charge in [0.05, 0.1) is 14.2 Å². The van der Waals surface area contributed by atoms with Crippen molar-refractivity contribution in [2.75, 3.05) is 14.2 Å². The van der Waals surface area contributed by atoms with E-state index in [9.17, 15) is 4.79 Å². The van der Waals surface area contributed by atoms with Gasteiger partial charge in [-0.05, 0) is 50.3 Å². The average molecular weight is 374 g/mol. The summed E-state index contributed by atoms with van der Waals surface area (Å²) < 4.78 is 16.4. The van der Waals surface area contributed by atoms with E-state index < -0.39 is 0 Å². The van der Waals surface area contributed by atoms with Crippen molar-refractivity contribution in [2.45, 2.75) is 0 Å². The van der Waals surface area contributed by atoms with Crippen LogP contribution in [-0.2, 0) is 0 Å². The van der Waals surface area contributed by atoms with E-state index in [1.165, 1.54) is 0 Å². The third kappa shape index (κ3) is 5.37. The first-order chi connectivity index (χ1) is 12.7. The molecule has 0 bridgehead atoms. The monoisotopic (exact) mass is 374 g/mol. The molecule has 4 nitrogen and oxygen atoms in total. The number of methoxy groups -OCH3 is 2. The molecule has 0 aliphatic carbocycles.